The van der Waals surface area contributed by atoms with Gasteiger partial charge in [0.2, 0.25) is 5.95 Å². The van der Waals surface area contributed by atoms with E-state index in [1.54, 1.807) is 13.1 Å². The van der Waals surface area contributed by atoms with Crippen LogP contribution in [0, 0.1) is 6.92 Å². The van der Waals surface area contributed by atoms with Crippen LogP contribution in [0.15, 0.2) is 12.5 Å². The second-order valence-corrected chi connectivity index (χ2v) is 3.63. The first-order valence-corrected chi connectivity index (χ1v) is 5.04. The number of hydrogen-bond acceptors (Lipinski definition) is 6. The number of aromatic nitrogens is 4. The summed E-state index contributed by atoms with van der Waals surface area (Å²) in [5.74, 6) is 0.276. The predicted molar refractivity (Wildman–Crippen MR) is 60.1 cm³/mol. The molecule has 2 aromatic rings. The number of nitrogens with two attached hydrogens (primary N) is 1. The topological polar surface area (TPSA) is 110 Å². The molecule has 2 heterocycles. The minimum absolute atomic E-state index is 0.00341. The van der Waals surface area contributed by atoms with Crippen LogP contribution < -0.4 is 5.73 Å². The summed E-state index contributed by atoms with van der Waals surface area (Å²) >= 11 is 0. The minimum Gasteiger partial charge on any atom is -0.506 e. The second kappa shape index (κ2) is 4.38. The summed E-state index contributed by atoms with van der Waals surface area (Å²) < 4.78 is 1.46. The molecule has 0 aliphatic rings. The molecule has 90 valence electrons. The SMILES string of the molecule is Cc1ncc(Cn2ncnc2N)c(CO)c1O. The fraction of sp³-hybridized carbons (Fsp3) is 0.300. The van der Waals surface area contributed by atoms with Gasteiger partial charge in [-0.3, -0.25) is 4.98 Å². The Bertz CT molecular complexity index is 537. The fourth-order valence-electron chi connectivity index (χ4n) is 1.55. The third kappa shape index (κ3) is 2.04. The van der Waals surface area contributed by atoms with Crippen molar-refractivity contribution >= 4 is 5.95 Å². The van der Waals surface area contributed by atoms with E-state index in [4.69, 9.17) is 5.73 Å². The molecule has 0 saturated heterocycles. The molecule has 0 fully saturated rings. The predicted octanol–water partition coefficient (Wildman–Crippen LogP) is -0.190. The van der Waals surface area contributed by atoms with Crippen molar-refractivity contribution in [2.24, 2.45) is 0 Å². The van der Waals surface area contributed by atoms with Gasteiger partial charge >= 0.3 is 0 Å². The normalized spacial score (nSPS) is 10.7. The van der Waals surface area contributed by atoms with Crippen molar-refractivity contribution in [1.29, 1.82) is 0 Å². The zero-order valence-electron chi connectivity index (χ0n) is 9.33. The van der Waals surface area contributed by atoms with Gasteiger partial charge in [0.25, 0.3) is 0 Å². The first-order valence-electron chi connectivity index (χ1n) is 5.04. The Kier molecular flexibility index (Phi) is 2.92. The van der Waals surface area contributed by atoms with Crippen LogP contribution in [0.3, 0.4) is 0 Å². The van der Waals surface area contributed by atoms with E-state index in [1.165, 1.54) is 11.0 Å². The largest absolute Gasteiger partial charge is 0.506 e. The smallest absolute Gasteiger partial charge is 0.218 e. The number of aliphatic hydroxyl groups excluding tert-OH is 1. The molecule has 0 atom stereocenters. The summed E-state index contributed by atoms with van der Waals surface area (Å²) in [5.41, 5.74) is 7.17. The molecule has 7 heteroatoms. The van der Waals surface area contributed by atoms with E-state index in [2.05, 4.69) is 15.1 Å². The Morgan fingerprint density at radius 1 is 1.41 bits per heavy atom. The highest BCUT2D eigenvalue weighted by Crippen LogP contribution is 2.24. The highest BCUT2D eigenvalue weighted by atomic mass is 16.3. The summed E-state index contributed by atoms with van der Waals surface area (Å²) in [6.45, 7) is 1.71. The molecular formula is C10H13N5O2. The van der Waals surface area contributed by atoms with E-state index >= 15 is 0 Å². The van der Waals surface area contributed by atoms with Gasteiger partial charge in [-0.1, -0.05) is 0 Å². The maximum Gasteiger partial charge on any atom is 0.218 e. The van der Waals surface area contributed by atoms with Crippen LogP contribution >= 0.6 is 0 Å². The van der Waals surface area contributed by atoms with Gasteiger partial charge in [0.05, 0.1) is 18.8 Å². The lowest BCUT2D eigenvalue weighted by Crippen LogP contribution is -2.09. The molecule has 0 aliphatic heterocycles. The van der Waals surface area contributed by atoms with Crippen LogP contribution in [0.25, 0.3) is 0 Å². The lowest BCUT2D eigenvalue weighted by molar-refractivity contribution is 0.273. The summed E-state index contributed by atoms with van der Waals surface area (Å²) in [4.78, 5) is 7.83. The third-order valence-corrected chi connectivity index (χ3v) is 2.55. The molecule has 0 amide bonds. The Morgan fingerprint density at radius 2 is 2.18 bits per heavy atom. The standard InChI is InChI=1S/C10H13N5O2/c1-6-9(17)8(4-16)7(2-12-6)3-15-10(11)13-5-14-15/h2,5,16-17H,3-4H2,1H3,(H2,11,13,14). The van der Waals surface area contributed by atoms with E-state index in [0.717, 1.165) is 0 Å². The third-order valence-electron chi connectivity index (χ3n) is 2.55. The molecule has 0 aromatic carbocycles. The number of pyridine rings is 1. The molecule has 2 rings (SSSR count). The van der Waals surface area contributed by atoms with Crippen molar-refractivity contribution < 1.29 is 10.2 Å². The maximum absolute atomic E-state index is 9.78. The summed E-state index contributed by atoms with van der Waals surface area (Å²) in [5, 5.41) is 23.0. The average molecular weight is 235 g/mol. The molecule has 0 bridgehead atoms. The Labute approximate surface area is 97.6 Å². The van der Waals surface area contributed by atoms with Crippen LogP contribution in [0.1, 0.15) is 16.8 Å². The van der Waals surface area contributed by atoms with E-state index in [0.29, 0.717) is 23.4 Å². The number of anilines is 1. The number of nitrogens with zero attached hydrogens (tertiary/aromatic N) is 4. The van der Waals surface area contributed by atoms with Gasteiger partial charge < -0.3 is 15.9 Å². The Hall–Kier alpha value is -2.15. The molecule has 17 heavy (non-hydrogen) atoms. The van der Waals surface area contributed by atoms with Gasteiger partial charge in [0, 0.05) is 17.3 Å². The van der Waals surface area contributed by atoms with E-state index in [9.17, 15) is 10.2 Å². The Balaban J connectivity index is 2.40. The molecule has 0 spiro atoms. The summed E-state index contributed by atoms with van der Waals surface area (Å²) in [7, 11) is 0. The molecule has 7 nitrogen and oxygen atoms in total. The lowest BCUT2D eigenvalue weighted by Gasteiger charge is -2.11. The summed E-state index contributed by atoms with van der Waals surface area (Å²) in [6, 6.07) is 0. The van der Waals surface area contributed by atoms with E-state index < -0.39 is 0 Å². The summed E-state index contributed by atoms with van der Waals surface area (Å²) in [6.07, 6.45) is 2.93. The van der Waals surface area contributed by atoms with Gasteiger partial charge in [-0.15, -0.1) is 0 Å². The van der Waals surface area contributed by atoms with E-state index in [1.807, 2.05) is 0 Å². The van der Waals surface area contributed by atoms with Gasteiger partial charge in [-0.2, -0.15) is 5.10 Å². The Morgan fingerprint density at radius 3 is 2.76 bits per heavy atom. The second-order valence-electron chi connectivity index (χ2n) is 3.63. The monoisotopic (exact) mass is 235 g/mol. The zero-order valence-corrected chi connectivity index (χ0v) is 9.33. The number of rotatable bonds is 3. The quantitative estimate of drug-likeness (QED) is 0.680. The van der Waals surface area contributed by atoms with Gasteiger partial charge in [-0.25, -0.2) is 9.67 Å². The number of nitrogen functional groups attached to an aromatic ring is 1. The van der Waals surface area contributed by atoms with Crippen LogP contribution in [0.4, 0.5) is 5.95 Å². The molecule has 0 aliphatic carbocycles. The van der Waals surface area contributed by atoms with Gasteiger partial charge in [-0.05, 0) is 6.92 Å². The number of aryl methyl sites for hydroxylation is 1. The number of aromatic hydroxyl groups is 1. The van der Waals surface area contributed by atoms with Crippen molar-refractivity contribution in [1.82, 2.24) is 19.7 Å². The zero-order chi connectivity index (χ0) is 12.4. The highest BCUT2D eigenvalue weighted by molar-refractivity contribution is 5.40. The fourth-order valence-corrected chi connectivity index (χ4v) is 1.55. The minimum atomic E-state index is -0.265. The molecule has 0 radical (unpaired) electrons. The average Bonchev–Trinajstić information content (AvgIpc) is 2.70. The maximum atomic E-state index is 9.78. The number of aliphatic hydroxyl groups is 1. The van der Waals surface area contributed by atoms with Crippen LogP contribution in [-0.4, -0.2) is 30.0 Å². The van der Waals surface area contributed by atoms with Crippen LogP contribution in [0.2, 0.25) is 0 Å². The lowest BCUT2D eigenvalue weighted by atomic mass is 10.1. The van der Waals surface area contributed by atoms with Gasteiger partial charge in [0.15, 0.2) is 0 Å². The van der Waals surface area contributed by atoms with Crippen molar-refractivity contribution in [3.8, 4) is 5.75 Å². The highest BCUT2D eigenvalue weighted by Gasteiger charge is 2.12. The first kappa shape index (κ1) is 11.3. The number of hydrogen-bond donors (Lipinski definition) is 3. The molecule has 2 aromatic heterocycles. The molecule has 4 N–H and O–H groups in total. The van der Waals surface area contributed by atoms with Crippen molar-refractivity contribution in [3.05, 3.63) is 29.3 Å². The van der Waals surface area contributed by atoms with Crippen LogP contribution in [0.5, 0.6) is 5.75 Å². The first-order chi connectivity index (χ1) is 8.13. The molecular weight excluding hydrogens is 222 g/mol. The van der Waals surface area contributed by atoms with Gasteiger partial charge in [0.1, 0.15) is 12.1 Å². The van der Waals surface area contributed by atoms with Crippen molar-refractivity contribution in [2.75, 3.05) is 5.73 Å². The van der Waals surface area contributed by atoms with Crippen molar-refractivity contribution in [2.45, 2.75) is 20.1 Å². The van der Waals surface area contributed by atoms with Crippen molar-refractivity contribution in [3.63, 3.8) is 0 Å². The van der Waals surface area contributed by atoms with E-state index in [-0.39, 0.29) is 18.3 Å². The molecule has 0 saturated carbocycles. The molecule has 0 unspecified atom stereocenters. The van der Waals surface area contributed by atoms with Crippen LogP contribution in [-0.2, 0) is 13.2 Å².